The van der Waals surface area contributed by atoms with E-state index >= 15 is 0 Å². The highest BCUT2D eigenvalue weighted by molar-refractivity contribution is 5.82. The van der Waals surface area contributed by atoms with E-state index in [0.29, 0.717) is 0 Å². The van der Waals surface area contributed by atoms with E-state index < -0.39 is 30.0 Å². The van der Waals surface area contributed by atoms with Crippen LogP contribution in [0.25, 0.3) is 0 Å². The fourth-order valence-electron chi connectivity index (χ4n) is 1.92. The van der Waals surface area contributed by atoms with Crippen LogP contribution < -0.4 is 0 Å². The first-order valence-corrected chi connectivity index (χ1v) is 7.24. The Bertz CT molecular complexity index is 474. The third kappa shape index (κ3) is 6.17. The molecule has 1 amide bonds. The summed E-state index contributed by atoms with van der Waals surface area (Å²) in [6.45, 7) is 6.93. The van der Waals surface area contributed by atoms with E-state index in [9.17, 15) is 14.0 Å². The van der Waals surface area contributed by atoms with Crippen LogP contribution in [0.15, 0.2) is 6.33 Å². The summed E-state index contributed by atoms with van der Waals surface area (Å²) in [7, 11) is 0. The monoisotopic (exact) mass is 331 g/mol. The molecule has 0 radical (unpaired) electrons. The SMILES string of the molecule is CCOC(=O)C1CCC(F)N1C(=O)OC(C)(C)C.c1nn[nH]n1. The normalized spacial score (nSPS) is 20.5. The van der Waals surface area contributed by atoms with Crippen LogP contribution in [-0.4, -0.2) is 62.1 Å². The van der Waals surface area contributed by atoms with Gasteiger partial charge in [0.2, 0.25) is 0 Å². The van der Waals surface area contributed by atoms with Gasteiger partial charge in [-0.1, -0.05) is 5.21 Å². The van der Waals surface area contributed by atoms with Crippen LogP contribution in [0, 0.1) is 0 Å². The van der Waals surface area contributed by atoms with Crippen molar-refractivity contribution in [3.05, 3.63) is 6.33 Å². The van der Waals surface area contributed by atoms with Gasteiger partial charge < -0.3 is 9.47 Å². The van der Waals surface area contributed by atoms with Crippen LogP contribution in [0.5, 0.6) is 0 Å². The van der Waals surface area contributed by atoms with Gasteiger partial charge in [-0.25, -0.2) is 14.0 Å². The second-order valence-corrected chi connectivity index (χ2v) is 5.73. The van der Waals surface area contributed by atoms with Gasteiger partial charge in [-0.3, -0.25) is 4.90 Å². The molecule has 1 aliphatic rings. The molecule has 1 fully saturated rings. The quantitative estimate of drug-likeness (QED) is 0.645. The summed E-state index contributed by atoms with van der Waals surface area (Å²) in [6, 6.07) is -0.880. The lowest BCUT2D eigenvalue weighted by Crippen LogP contribution is -2.46. The lowest BCUT2D eigenvalue weighted by atomic mass is 10.2. The lowest BCUT2D eigenvalue weighted by molar-refractivity contribution is -0.149. The van der Waals surface area contributed by atoms with Crippen molar-refractivity contribution < 1.29 is 23.5 Å². The Kier molecular flexibility index (Phi) is 6.86. The van der Waals surface area contributed by atoms with Gasteiger partial charge in [-0.05, 0) is 34.1 Å². The zero-order chi connectivity index (χ0) is 17.5. The number of nitrogens with zero attached hydrogens (tertiary/aromatic N) is 4. The molecule has 0 saturated carbocycles. The first-order chi connectivity index (χ1) is 10.8. The van der Waals surface area contributed by atoms with E-state index in [4.69, 9.17) is 9.47 Å². The number of hydrogen-bond donors (Lipinski definition) is 1. The fraction of sp³-hybridized carbons (Fsp3) is 0.769. The van der Waals surface area contributed by atoms with Crippen LogP contribution in [0.1, 0.15) is 40.5 Å². The average Bonchev–Trinajstić information content (AvgIpc) is 3.08. The summed E-state index contributed by atoms with van der Waals surface area (Å²) in [5.41, 5.74) is -0.724. The average molecular weight is 331 g/mol. The zero-order valence-electron chi connectivity index (χ0n) is 13.7. The minimum Gasteiger partial charge on any atom is -0.464 e. The van der Waals surface area contributed by atoms with Crippen LogP contribution in [0.2, 0.25) is 0 Å². The van der Waals surface area contributed by atoms with Gasteiger partial charge in [0.25, 0.3) is 0 Å². The second kappa shape index (κ2) is 8.39. The molecular formula is C13H22FN5O4. The molecule has 2 rings (SSSR count). The maximum Gasteiger partial charge on any atom is 0.413 e. The number of carbonyl (C=O) groups excluding carboxylic acids is 2. The Labute approximate surface area is 133 Å². The highest BCUT2D eigenvalue weighted by Crippen LogP contribution is 2.28. The van der Waals surface area contributed by atoms with Crippen molar-refractivity contribution in [1.82, 2.24) is 25.5 Å². The number of H-pyrrole nitrogens is 1. The molecule has 1 aromatic heterocycles. The van der Waals surface area contributed by atoms with Crippen LogP contribution >= 0.6 is 0 Å². The number of nitrogens with one attached hydrogen (secondary N) is 1. The molecule has 10 heteroatoms. The topological polar surface area (TPSA) is 110 Å². The van der Waals surface area contributed by atoms with Gasteiger partial charge in [0.15, 0.2) is 12.6 Å². The lowest BCUT2D eigenvalue weighted by Gasteiger charge is -2.28. The molecule has 2 heterocycles. The fourth-order valence-corrected chi connectivity index (χ4v) is 1.92. The van der Waals surface area contributed by atoms with Gasteiger partial charge in [-0.2, -0.15) is 5.21 Å². The van der Waals surface area contributed by atoms with E-state index in [0.717, 1.165) is 4.90 Å². The van der Waals surface area contributed by atoms with Gasteiger partial charge in [0, 0.05) is 6.42 Å². The van der Waals surface area contributed by atoms with Crippen molar-refractivity contribution in [3.8, 4) is 0 Å². The maximum atomic E-state index is 13.7. The predicted molar refractivity (Wildman–Crippen MR) is 76.8 cm³/mol. The van der Waals surface area contributed by atoms with E-state index in [-0.39, 0.29) is 19.4 Å². The van der Waals surface area contributed by atoms with E-state index in [1.807, 2.05) is 0 Å². The minimum atomic E-state index is -1.49. The molecular weight excluding hydrogens is 309 g/mol. The molecule has 2 unspecified atom stereocenters. The standard InChI is InChI=1S/C12H20FNO4.CH2N4/c1-5-17-10(15)8-6-7-9(13)14(8)11(16)18-12(2,3)4;1-2-4-5-3-1/h8-9H,5-7H2,1-4H3;1H,(H,2,3,4,5). The number of rotatable bonds is 2. The number of likely N-dealkylation sites (tertiary alicyclic amines) is 1. The van der Waals surface area contributed by atoms with Gasteiger partial charge in [0.1, 0.15) is 11.6 Å². The molecule has 1 saturated heterocycles. The Hall–Kier alpha value is -2.26. The van der Waals surface area contributed by atoms with Crippen molar-refractivity contribution in [2.45, 2.75) is 58.5 Å². The minimum absolute atomic E-state index is 0.128. The largest absolute Gasteiger partial charge is 0.464 e. The summed E-state index contributed by atoms with van der Waals surface area (Å²) in [5, 5.41) is 12.2. The summed E-state index contributed by atoms with van der Waals surface area (Å²) in [4.78, 5) is 24.3. The Morgan fingerprint density at radius 1 is 1.39 bits per heavy atom. The number of aromatic nitrogens is 4. The highest BCUT2D eigenvalue weighted by Gasteiger charge is 2.43. The summed E-state index contributed by atoms with van der Waals surface area (Å²) >= 11 is 0. The highest BCUT2D eigenvalue weighted by atomic mass is 19.1. The van der Waals surface area contributed by atoms with Crippen LogP contribution in [0.4, 0.5) is 9.18 Å². The van der Waals surface area contributed by atoms with Crippen molar-refractivity contribution in [3.63, 3.8) is 0 Å². The Morgan fingerprint density at radius 3 is 2.52 bits per heavy atom. The number of hydrogen-bond acceptors (Lipinski definition) is 7. The number of halogens is 1. The number of aromatic amines is 1. The van der Waals surface area contributed by atoms with Crippen molar-refractivity contribution >= 4 is 12.1 Å². The molecule has 0 bridgehead atoms. The van der Waals surface area contributed by atoms with Gasteiger partial charge >= 0.3 is 12.1 Å². The zero-order valence-corrected chi connectivity index (χ0v) is 13.7. The molecule has 0 spiro atoms. The van der Waals surface area contributed by atoms with Crippen molar-refractivity contribution in [2.75, 3.05) is 6.61 Å². The van der Waals surface area contributed by atoms with Crippen molar-refractivity contribution in [2.24, 2.45) is 0 Å². The summed E-state index contributed by atoms with van der Waals surface area (Å²) < 4.78 is 23.6. The molecule has 23 heavy (non-hydrogen) atoms. The van der Waals surface area contributed by atoms with Gasteiger partial charge in [0.05, 0.1) is 6.61 Å². The third-order valence-electron chi connectivity index (χ3n) is 2.75. The summed E-state index contributed by atoms with van der Waals surface area (Å²) in [5.74, 6) is -0.580. The third-order valence-corrected chi connectivity index (χ3v) is 2.75. The first-order valence-electron chi connectivity index (χ1n) is 7.24. The van der Waals surface area contributed by atoms with Crippen LogP contribution in [0.3, 0.4) is 0 Å². The molecule has 1 aromatic rings. The molecule has 130 valence electrons. The van der Waals surface area contributed by atoms with E-state index in [1.165, 1.54) is 6.33 Å². The molecule has 1 aliphatic heterocycles. The predicted octanol–water partition coefficient (Wildman–Crippen LogP) is 1.44. The smallest absolute Gasteiger partial charge is 0.413 e. The molecule has 2 atom stereocenters. The summed E-state index contributed by atoms with van der Waals surface area (Å²) in [6.07, 6.45) is -0.582. The molecule has 0 aliphatic carbocycles. The molecule has 0 aromatic carbocycles. The molecule has 1 N–H and O–H groups in total. The Balaban J connectivity index is 0.000000446. The maximum absolute atomic E-state index is 13.7. The van der Waals surface area contributed by atoms with Crippen LogP contribution in [-0.2, 0) is 14.3 Å². The second-order valence-electron chi connectivity index (χ2n) is 5.73. The van der Waals surface area contributed by atoms with E-state index in [1.54, 1.807) is 27.7 Å². The van der Waals surface area contributed by atoms with E-state index in [2.05, 4.69) is 20.6 Å². The number of ether oxygens (including phenoxy) is 2. The van der Waals surface area contributed by atoms with Gasteiger partial charge in [-0.15, -0.1) is 10.2 Å². The number of carbonyl (C=O) groups is 2. The first kappa shape index (κ1) is 18.8. The van der Waals surface area contributed by atoms with Crippen molar-refractivity contribution in [1.29, 1.82) is 0 Å². The molecule has 9 nitrogen and oxygen atoms in total. The number of amides is 1. The number of esters is 1. The number of alkyl halides is 1. The Morgan fingerprint density at radius 2 is 2.09 bits per heavy atom. The number of tetrazole rings is 1.